The molecule has 0 spiro atoms. The van der Waals surface area contributed by atoms with E-state index in [4.69, 9.17) is 20.1 Å². The van der Waals surface area contributed by atoms with Gasteiger partial charge in [0.05, 0.1) is 7.11 Å². The molecule has 2 aliphatic heterocycles. The molecule has 34 heavy (non-hydrogen) atoms. The van der Waals surface area contributed by atoms with Crippen molar-refractivity contribution in [2.75, 3.05) is 13.7 Å². The molecule has 1 saturated heterocycles. The maximum absolute atomic E-state index is 13.0. The van der Waals surface area contributed by atoms with Crippen molar-refractivity contribution in [2.24, 2.45) is 5.92 Å². The third kappa shape index (κ3) is 3.49. The van der Waals surface area contributed by atoms with Crippen LogP contribution in [0.3, 0.4) is 0 Å². The molecule has 2 aliphatic rings. The van der Waals surface area contributed by atoms with E-state index in [2.05, 4.69) is 4.74 Å². The highest BCUT2D eigenvalue weighted by Crippen LogP contribution is 2.56. The average Bonchev–Trinajstić information content (AvgIpc) is 2.66. The van der Waals surface area contributed by atoms with Gasteiger partial charge in [-0.2, -0.15) is 0 Å². The van der Waals surface area contributed by atoms with E-state index >= 15 is 0 Å². The van der Waals surface area contributed by atoms with Gasteiger partial charge in [0.1, 0.15) is 5.60 Å². The molecule has 0 aromatic heterocycles. The minimum atomic E-state index is -4.00. The monoisotopic (exact) mass is 493 g/mol. The maximum Gasteiger partial charge on any atom is 0.453 e. The third-order valence-corrected chi connectivity index (χ3v) is 5.93. The van der Waals surface area contributed by atoms with Crippen LogP contribution in [0.1, 0.15) is 31.4 Å². The highest BCUT2D eigenvalue weighted by Gasteiger charge is 2.78. The Morgan fingerprint density at radius 2 is 1.47 bits per heavy atom. The number of ketones is 1. The Bertz CT molecular complexity index is 999. The number of hydrogen-bond donors (Lipinski definition) is 11. The first kappa shape index (κ1) is 26.6. The molecule has 1 aromatic carbocycles. The van der Waals surface area contributed by atoms with E-state index < -0.39 is 82.3 Å². The SMILES string of the molecule is COc1cc2c(cc1OC(O)(O)O)C(O)(O)C(O)(O)N1CC(O)(CC(C)C)C(=O)C(O)(O)C21O. The van der Waals surface area contributed by atoms with Crippen molar-refractivity contribution in [3.8, 4) is 11.5 Å². The molecule has 1 fully saturated rings. The van der Waals surface area contributed by atoms with Crippen LogP contribution in [0, 0.1) is 5.92 Å². The lowest BCUT2D eigenvalue weighted by atomic mass is 9.69. The smallest absolute Gasteiger partial charge is 0.453 e. The molecule has 15 nitrogen and oxygen atoms in total. The molecule has 2 atom stereocenters. The average molecular weight is 493 g/mol. The number of rotatable bonds is 5. The van der Waals surface area contributed by atoms with Crippen LogP contribution < -0.4 is 9.47 Å². The minimum absolute atomic E-state index is 0.0828. The van der Waals surface area contributed by atoms with E-state index in [9.17, 15) is 45.6 Å². The summed E-state index contributed by atoms with van der Waals surface area (Å²) in [5.74, 6) is -15.4. The highest BCUT2D eigenvalue weighted by atomic mass is 16.9. The fourth-order valence-electron chi connectivity index (χ4n) is 4.51. The molecule has 0 amide bonds. The Kier molecular flexibility index (Phi) is 5.87. The summed E-state index contributed by atoms with van der Waals surface area (Å²) in [6, 6.07) is 1.07. The maximum atomic E-state index is 13.0. The Balaban J connectivity index is 2.38. The minimum Gasteiger partial charge on any atom is -0.493 e. The zero-order valence-corrected chi connectivity index (χ0v) is 18.2. The Morgan fingerprint density at radius 1 is 0.941 bits per heavy atom. The van der Waals surface area contributed by atoms with Gasteiger partial charge in [0.25, 0.3) is 17.5 Å². The summed E-state index contributed by atoms with van der Waals surface area (Å²) in [7, 11) is 0.985. The molecule has 0 saturated carbocycles. The van der Waals surface area contributed by atoms with Crippen molar-refractivity contribution in [3.63, 3.8) is 0 Å². The van der Waals surface area contributed by atoms with Gasteiger partial charge in [0.15, 0.2) is 11.5 Å². The second kappa shape index (κ2) is 7.50. The van der Waals surface area contributed by atoms with Gasteiger partial charge in [-0.1, -0.05) is 13.8 Å². The number of aliphatic hydroxyl groups is 11. The number of nitrogens with zero attached hydrogens (tertiary/aromatic N) is 1. The van der Waals surface area contributed by atoms with Gasteiger partial charge in [0, 0.05) is 17.7 Å². The van der Waals surface area contributed by atoms with E-state index in [-0.39, 0.29) is 4.90 Å². The molecule has 3 rings (SSSR count). The fourth-order valence-corrected chi connectivity index (χ4v) is 4.51. The van der Waals surface area contributed by atoms with Crippen molar-refractivity contribution in [2.45, 2.75) is 55.2 Å². The molecule has 15 heteroatoms. The molecule has 2 heterocycles. The van der Waals surface area contributed by atoms with Gasteiger partial charge in [-0.15, -0.1) is 0 Å². The van der Waals surface area contributed by atoms with Gasteiger partial charge in [-0.25, -0.2) is 4.90 Å². The predicted octanol–water partition coefficient (Wildman–Crippen LogP) is -5.06. The second-order valence-corrected chi connectivity index (χ2v) is 8.92. The van der Waals surface area contributed by atoms with Gasteiger partial charge in [-0.05, 0) is 24.5 Å². The Labute approximate surface area is 191 Å². The van der Waals surface area contributed by atoms with Crippen molar-refractivity contribution in [1.29, 1.82) is 0 Å². The first-order valence-electron chi connectivity index (χ1n) is 9.87. The van der Waals surface area contributed by atoms with Gasteiger partial charge < -0.3 is 65.6 Å². The third-order valence-electron chi connectivity index (χ3n) is 5.93. The van der Waals surface area contributed by atoms with Crippen LogP contribution >= 0.6 is 0 Å². The summed E-state index contributed by atoms with van der Waals surface area (Å²) in [4.78, 5) is 12.9. The van der Waals surface area contributed by atoms with E-state index in [0.29, 0.717) is 12.1 Å². The summed E-state index contributed by atoms with van der Waals surface area (Å²) >= 11 is 0. The number of carbonyl (C=O) groups is 1. The number of ether oxygens (including phenoxy) is 2. The molecule has 11 N–H and O–H groups in total. The zero-order chi connectivity index (χ0) is 26.3. The molecule has 0 bridgehead atoms. The lowest BCUT2D eigenvalue weighted by Crippen LogP contribution is -2.85. The van der Waals surface area contributed by atoms with Crippen LogP contribution in [-0.2, 0) is 16.3 Å². The highest BCUT2D eigenvalue weighted by molar-refractivity contribution is 5.95. The number of methoxy groups -OCH3 is 1. The summed E-state index contributed by atoms with van der Waals surface area (Å²) in [5.41, 5.74) is -8.30. The predicted molar refractivity (Wildman–Crippen MR) is 103 cm³/mol. The summed E-state index contributed by atoms with van der Waals surface area (Å²) < 4.78 is 9.32. The Hall–Kier alpha value is -1.99. The van der Waals surface area contributed by atoms with Crippen LogP contribution in [0.2, 0.25) is 0 Å². The number of benzene rings is 1. The topological polar surface area (TPSA) is 261 Å². The van der Waals surface area contributed by atoms with E-state index in [1.54, 1.807) is 13.8 Å². The number of Topliss-reactive ketones (excluding diaryl/α,β-unsaturated/α-hetero) is 1. The molecular weight excluding hydrogens is 466 g/mol. The van der Waals surface area contributed by atoms with Crippen molar-refractivity contribution < 1.29 is 70.4 Å². The van der Waals surface area contributed by atoms with Crippen LogP contribution in [0.4, 0.5) is 0 Å². The lowest BCUT2D eigenvalue weighted by molar-refractivity contribution is -0.491. The standard InChI is InChI=1S/C19H27NO14/c1-8(2)6-14(22)7-20-15(23,17(26,27)13(14)21)9-4-11(33-3)12(34-19(30,31)32)5-10(9)16(24,25)18(20,28)29/h4-5,8,22-32H,6-7H2,1-3H3. The molecule has 2 unspecified atom stereocenters. The largest absolute Gasteiger partial charge is 0.493 e. The Morgan fingerprint density at radius 3 is 1.94 bits per heavy atom. The molecule has 192 valence electrons. The molecule has 1 aromatic rings. The fraction of sp³-hybridized carbons (Fsp3) is 0.632. The van der Waals surface area contributed by atoms with Gasteiger partial charge >= 0.3 is 6.16 Å². The molecule has 0 radical (unpaired) electrons. The lowest BCUT2D eigenvalue weighted by Gasteiger charge is -2.62. The van der Waals surface area contributed by atoms with Crippen LogP contribution in [-0.4, -0.2) is 104 Å². The molecular formula is C19H27NO14. The number of fused-ring (bicyclic) bond motifs is 3. The van der Waals surface area contributed by atoms with Crippen molar-refractivity contribution >= 4 is 5.78 Å². The summed E-state index contributed by atoms with van der Waals surface area (Å²) in [5, 5.41) is 114. The molecule has 0 aliphatic carbocycles. The number of hydrogen-bond acceptors (Lipinski definition) is 15. The van der Waals surface area contributed by atoms with Crippen LogP contribution in [0.5, 0.6) is 11.5 Å². The van der Waals surface area contributed by atoms with Crippen molar-refractivity contribution in [1.82, 2.24) is 4.90 Å². The van der Waals surface area contributed by atoms with E-state index in [0.717, 1.165) is 7.11 Å². The first-order valence-corrected chi connectivity index (χ1v) is 9.87. The zero-order valence-electron chi connectivity index (χ0n) is 18.2. The van der Waals surface area contributed by atoms with E-state index in [1.165, 1.54) is 0 Å². The van der Waals surface area contributed by atoms with Crippen LogP contribution in [0.15, 0.2) is 12.1 Å². The van der Waals surface area contributed by atoms with Gasteiger partial charge in [0.2, 0.25) is 11.5 Å². The van der Waals surface area contributed by atoms with Gasteiger partial charge in [-0.3, -0.25) is 4.79 Å². The number of carbonyl (C=O) groups excluding carboxylic acids is 1. The van der Waals surface area contributed by atoms with Crippen molar-refractivity contribution in [3.05, 3.63) is 23.3 Å². The normalized spacial score (nSPS) is 30.0. The summed E-state index contributed by atoms with van der Waals surface area (Å²) in [6.07, 6.45) is -4.27. The summed E-state index contributed by atoms with van der Waals surface area (Å²) in [6.45, 7) is 1.90. The quantitative estimate of drug-likeness (QED) is 0.171. The van der Waals surface area contributed by atoms with Crippen LogP contribution in [0.25, 0.3) is 0 Å². The van der Waals surface area contributed by atoms with E-state index in [1.807, 2.05) is 0 Å². The second-order valence-electron chi connectivity index (χ2n) is 8.92. The number of piperidine rings is 1. The first-order chi connectivity index (χ1) is 15.2.